The van der Waals surface area contributed by atoms with Gasteiger partial charge < -0.3 is 5.11 Å². The molecule has 4 heteroatoms. The summed E-state index contributed by atoms with van der Waals surface area (Å²) in [6.45, 7) is 3.70. The van der Waals surface area contributed by atoms with E-state index in [1.165, 1.54) is 0 Å². The SMILES string of the molecule is C=CCCC=CCCCCCCC(=O)CCC(C(=O)O)c1ccccn1. The lowest BCUT2D eigenvalue weighted by molar-refractivity contribution is -0.139. The Morgan fingerprint density at radius 2 is 1.81 bits per heavy atom. The van der Waals surface area contributed by atoms with Gasteiger partial charge in [0, 0.05) is 19.0 Å². The van der Waals surface area contributed by atoms with Crippen LogP contribution < -0.4 is 0 Å². The first-order chi connectivity index (χ1) is 12.6. The molecule has 0 aliphatic carbocycles. The first kappa shape index (κ1) is 21.8. The lowest BCUT2D eigenvalue weighted by atomic mass is 9.96. The van der Waals surface area contributed by atoms with E-state index in [1.807, 2.05) is 6.08 Å². The number of Topliss-reactive ketones (excluding diaryl/α,β-unsaturated/α-hetero) is 1. The number of nitrogens with zero attached hydrogens (tertiary/aromatic N) is 1. The van der Waals surface area contributed by atoms with Crippen LogP contribution >= 0.6 is 0 Å². The van der Waals surface area contributed by atoms with Crippen LogP contribution in [0.4, 0.5) is 0 Å². The number of hydrogen-bond donors (Lipinski definition) is 1. The fourth-order valence-corrected chi connectivity index (χ4v) is 2.80. The second kappa shape index (κ2) is 14.0. The molecule has 1 unspecified atom stereocenters. The number of carbonyl (C=O) groups is 2. The van der Waals surface area contributed by atoms with Crippen molar-refractivity contribution in [2.75, 3.05) is 0 Å². The van der Waals surface area contributed by atoms with E-state index < -0.39 is 11.9 Å². The maximum atomic E-state index is 12.0. The number of allylic oxidation sites excluding steroid dienone is 3. The number of carboxylic acids is 1. The fraction of sp³-hybridized carbons (Fsp3) is 0.500. The van der Waals surface area contributed by atoms with E-state index in [1.54, 1.807) is 24.4 Å². The zero-order valence-electron chi connectivity index (χ0n) is 15.6. The molecule has 1 N–H and O–H groups in total. The van der Waals surface area contributed by atoms with E-state index in [0.717, 1.165) is 44.9 Å². The Morgan fingerprint density at radius 3 is 2.50 bits per heavy atom. The average Bonchev–Trinajstić information content (AvgIpc) is 2.64. The molecule has 0 radical (unpaired) electrons. The molecule has 0 spiro atoms. The first-order valence-electron chi connectivity index (χ1n) is 9.56. The Labute approximate surface area is 157 Å². The van der Waals surface area contributed by atoms with E-state index in [2.05, 4.69) is 23.7 Å². The highest BCUT2D eigenvalue weighted by atomic mass is 16.4. The van der Waals surface area contributed by atoms with Gasteiger partial charge in [-0.3, -0.25) is 14.6 Å². The van der Waals surface area contributed by atoms with Crippen LogP contribution in [0, 0.1) is 0 Å². The molecule has 1 rings (SSSR count). The molecule has 0 fully saturated rings. The molecule has 1 aromatic rings. The van der Waals surface area contributed by atoms with E-state index in [9.17, 15) is 14.7 Å². The summed E-state index contributed by atoms with van der Waals surface area (Å²) < 4.78 is 0. The predicted molar refractivity (Wildman–Crippen MR) is 105 cm³/mol. The van der Waals surface area contributed by atoms with Gasteiger partial charge in [0.1, 0.15) is 5.78 Å². The van der Waals surface area contributed by atoms with Gasteiger partial charge in [-0.15, -0.1) is 6.58 Å². The number of aliphatic carboxylic acids is 1. The van der Waals surface area contributed by atoms with Gasteiger partial charge in [0.05, 0.1) is 11.6 Å². The average molecular weight is 357 g/mol. The first-order valence-corrected chi connectivity index (χ1v) is 9.56. The summed E-state index contributed by atoms with van der Waals surface area (Å²) in [6, 6.07) is 5.23. The molecule has 1 atom stereocenters. The number of aromatic nitrogens is 1. The van der Waals surface area contributed by atoms with E-state index in [0.29, 0.717) is 25.0 Å². The van der Waals surface area contributed by atoms with Crippen LogP contribution in [-0.2, 0) is 9.59 Å². The van der Waals surface area contributed by atoms with E-state index in [-0.39, 0.29) is 5.78 Å². The second-order valence-corrected chi connectivity index (χ2v) is 6.51. The van der Waals surface area contributed by atoms with E-state index in [4.69, 9.17) is 0 Å². The highest BCUT2D eigenvalue weighted by Crippen LogP contribution is 2.20. The largest absolute Gasteiger partial charge is 0.481 e. The summed E-state index contributed by atoms with van der Waals surface area (Å²) in [5.41, 5.74) is 0.522. The predicted octanol–water partition coefficient (Wildman–Crippen LogP) is 5.46. The van der Waals surface area contributed by atoms with Gasteiger partial charge in [-0.2, -0.15) is 0 Å². The molecule has 0 aliphatic heterocycles. The van der Waals surface area contributed by atoms with Crippen LogP contribution in [-0.4, -0.2) is 21.8 Å². The van der Waals surface area contributed by atoms with Gasteiger partial charge in [0.2, 0.25) is 0 Å². The molecular formula is C22H31NO3. The van der Waals surface area contributed by atoms with Crippen LogP contribution in [0.3, 0.4) is 0 Å². The molecule has 0 aliphatic rings. The molecule has 4 nitrogen and oxygen atoms in total. The van der Waals surface area contributed by atoms with Crippen molar-refractivity contribution in [1.29, 1.82) is 0 Å². The summed E-state index contributed by atoms with van der Waals surface area (Å²) in [5, 5.41) is 9.34. The molecule has 0 amide bonds. The van der Waals surface area contributed by atoms with Gasteiger partial charge in [-0.25, -0.2) is 0 Å². The smallest absolute Gasteiger partial charge is 0.312 e. The number of rotatable bonds is 15. The number of carboxylic acid groups (broad SMARTS) is 1. The molecule has 142 valence electrons. The summed E-state index contributed by atoms with van der Waals surface area (Å²) in [6.07, 6.45) is 16.5. The minimum atomic E-state index is -0.919. The van der Waals surface area contributed by atoms with E-state index >= 15 is 0 Å². The standard InChI is InChI=1S/C22H31NO3/c1-2-3-4-5-6-7-8-9-10-11-14-19(24)16-17-20(22(25)26)21-15-12-13-18-23-21/h2,5-6,12-13,15,18,20H,1,3-4,7-11,14,16-17H2,(H,25,26). The summed E-state index contributed by atoms with van der Waals surface area (Å²) >= 11 is 0. The Balaban J connectivity index is 2.13. The van der Waals surface area contributed by atoms with Crippen molar-refractivity contribution in [3.63, 3.8) is 0 Å². The molecular weight excluding hydrogens is 326 g/mol. The molecule has 1 aromatic heterocycles. The third kappa shape index (κ3) is 9.92. The van der Waals surface area contributed by atoms with Crippen LogP contribution in [0.15, 0.2) is 49.2 Å². The second-order valence-electron chi connectivity index (χ2n) is 6.51. The maximum absolute atomic E-state index is 12.0. The third-order valence-electron chi connectivity index (χ3n) is 4.34. The molecule has 26 heavy (non-hydrogen) atoms. The van der Waals surface area contributed by atoms with Gasteiger partial charge in [0.15, 0.2) is 0 Å². The fourth-order valence-electron chi connectivity index (χ4n) is 2.80. The minimum Gasteiger partial charge on any atom is -0.481 e. The zero-order chi connectivity index (χ0) is 19.0. The summed E-state index contributed by atoms with van der Waals surface area (Å²) in [5.74, 6) is -1.47. The molecule has 0 saturated carbocycles. The highest BCUT2D eigenvalue weighted by Gasteiger charge is 2.21. The van der Waals surface area contributed by atoms with Crippen molar-refractivity contribution in [3.05, 3.63) is 54.9 Å². The summed E-state index contributed by atoms with van der Waals surface area (Å²) in [4.78, 5) is 27.5. The molecule has 1 heterocycles. The van der Waals surface area contributed by atoms with Crippen LogP contribution in [0.5, 0.6) is 0 Å². The van der Waals surface area contributed by atoms with Gasteiger partial charge in [0.25, 0.3) is 0 Å². The lowest BCUT2D eigenvalue weighted by Crippen LogP contribution is -2.14. The van der Waals surface area contributed by atoms with Crippen LogP contribution in [0.25, 0.3) is 0 Å². The monoisotopic (exact) mass is 357 g/mol. The molecule has 0 bridgehead atoms. The number of unbranched alkanes of at least 4 members (excludes halogenated alkanes) is 5. The number of hydrogen-bond acceptors (Lipinski definition) is 3. The summed E-state index contributed by atoms with van der Waals surface area (Å²) in [7, 11) is 0. The number of carbonyl (C=O) groups excluding carboxylic acids is 1. The normalized spacial score (nSPS) is 12.2. The van der Waals surface area contributed by atoms with Crippen molar-refractivity contribution in [1.82, 2.24) is 4.98 Å². The van der Waals surface area contributed by atoms with Gasteiger partial charge >= 0.3 is 5.97 Å². The Morgan fingerprint density at radius 1 is 1.04 bits per heavy atom. The van der Waals surface area contributed by atoms with Crippen molar-refractivity contribution in [2.45, 2.75) is 70.1 Å². The van der Waals surface area contributed by atoms with Crippen molar-refractivity contribution >= 4 is 11.8 Å². The quantitative estimate of drug-likeness (QED) is 0.334. The third-order valence-corrected chi connectivity index (χ3v) is 4.34. The van der Waals surface area contributed by atoms with Gasteiger partial charge in [-0.05, 0) is 50.7 Å². The molecule has 0 aromatic carbocycles. The highest BCUT2D eigenvalue weighted by molar-refractivity contribution is 5.80. The Bertz CT molecular complexity index is 566. The number of ketones is 1. The topological polar surface area (TPSA) is 67.3 Å². The maximum Gasteiger partial charge on any atom is 0.312 e. The van der Waals surface area contributed by atoms with Crippen molar-refractivity contribution in [3.8, 4) is 0 Å². The van der Waals surface area contributed by atoms with Crippen LogP contribution in [0.1, 0.15) is 75.8 Å². The zero-order valence-corrected chi connectivity index (χ0v) is 15.6. The van der Waals surface area contributed by atoms with Gasteiger partial charge in [-0.1, -0.05) is 37.1 Å². The minimum absolute atomic E-state index is 0.150. The molecule has 0 saturated heterocycles. The van der Waals surface area contributed by atoms with Crippen LogP contribution in [0.2, 0.25) is 0 Å². The Hall–Kier alpha value is -2.23. The number of pyridine rings is 1. The van der Waals surface area contributed by atoms with Crippen molar-refractivity contribution in [2.24, 2.45) is 0 Å². The van der Waals surface area contributed by atoms with Crippen molar-refractivity contribution < 1.29 is 14.7 Å². The lowest BCUT2D eigenvalue weighted by Gasteiger charge is -2.11. The Kier molecular flexibility index (Phi) is 11.7.